The largest absolute Gasteiger partial charge is 0.495 e. The molecule has 26 heavy (non-hydrogen) atoms. The summed E-state index contributed by atoms with van der Waals surface area (Å²) in [6, 6.07) is 2.78. The molecule has 1 aromatic rings. The van der Waals surface area contributed by atoms with Crippen molar-refractivity contribution in [3.8, 4) is 5.75 Å². The van der Waals surface area contributed by atoms with Crippen LogP contribution in [0.1, 0.15) is 50.7 Å². The van der Waals surface area contributed by atoms with E-state index in [0.717, 1.165) is 30.5 Å². The van der Waals surface area contributed by atoms with Crippen LogP contribution in [0.25, 0.3) is 0 Å². The molecule has 0 spiro atoms. The van der Waals surface area contributed by atoms with Crippen LogP contribution in [0, 0.1) is 6.92 Å². The van der Waals surface area contributed by atoms with E-state index in [1.807, 2.05) is 25.7 Å². The van der Waals surface area contributed by atoms with Crippen LogP contribution < -0.4 is 4.74 Å². The number of hydrogen-bond donors (Lipinski definition) is 0. The number of aryl methyl sites for hydroxylation is 1. The second-order valence-electron chi connectivity index (χ2n) is 7.59. The molecule has 0 radical (unpaired) electrons. The Morgan fingerprint density at radius 3 is 2.58 bits per heavy atom. The van der Waals surface area contributed by atoms with E-state index >= 15 is 0 Å². The highest BCUT2D eigenvalue weighted by molar-refractivity contribution is 7.89. The van der Waals surface area contributed by atoms with E-state index in [1.54, 1.807) is 19.1 Å². The summed E-state index contributed by atoms with van der Waals surface area (Å²) in [4.78, 5) is 14.7. The minimum Gasteiger partial charge on any atom is -0.495 e. The molecule has 0 unspecified atom stereocenters. The first-order chi connectivity index (χ1) is 12.2. The van der Waals surface area contributed by atoms with Gasteiger partial charge in [-0.25, -0.2) is 8.42 Å². The van der Waals surface area contributed by atoms with E-state index in [-0.39, 0.29) is 22.8 Å². The second kappa shape index (κ2) is 6.85. The summed E-state index contributed by atoms with van der Waals surface area (Å²) in [5.41, 5.74) is 1.98. The Kier molecular flexibility index (Phi) is 5.05. The average molecular weight is 381 g/mol. The van der Waals surface area contributed by atoms with E-state index in [0.29, 0.717) is 12.3 Å². The summed E-state index contributed by atoms with van der Waals surface area (Å²) in [6.07, 6.45) is 1.79. The quantitative estimate of drug-likeness (QED) is 0.805. The van der Waals surface area contributed by atoms with Crippen LogP contribution in [0.3, 0.4) is 0 Å². The Labute approximate surface area is 156 Å². The number of carbonyl (C=O) groups is 1. The Hall–Kier alpha value is -1.60. The number of benzene rings is 1. The van der Waals surface area contributed by atoms with Crippen molar-refractivity contribution < 1.29 is 17.9 Å². The molecule has 0 bridgehead atoms. The lowest BCUT2D eigenvalue weighted by Gasteiger charge is -2.40. The average Bonchev–Trinajstić information content (AvgIpc) is 3.05. The van der Waals surface area contributed by atoms with Crippen molar-refractivity contribution in [2.45, 2.75) is 63.4 Å². The summed E-state index contributed by atoms with van der Waals surface area (Å²) >= 11 is 0. The number of ether oxygens (including phenoxy) is 1. The molecule has 0 N–H and O–H groups in total. The number of hydrogen-bond acceptors (Lipinski definition) is 4. The molecule has 0 saturated carbocycles. The molecule has 2 heterocycles. The molecule has 6 nitrogen and oxygen atoms in total. The number of fused-ring (bicyclic) bond motifs is 1. The van der Waals surface area contributed by atoms with Crippen LogP contribution >= 0.6 is 0 Å². The van der Waals surface area contributed by atoms with Gasteiger partial charge in [0, 0.05) is 19.1 Å². The molecule has 2 saturated heterocycles. The Morgan fingerprint density at radius 2 is 1.96 bits per heavy atom. The van der Waals surface area contributed by atoms with Gasteiger partial charge in [-0.1, -0.05) is 13.8 Å². The van der Waals surface area contributed by atoms with Crippen LogP contribution in [0.15, 0.2) is 17.0 Å². The van der Waals surface area contributed by atoms with Crippen LogP contribution in [-0.2, 0) is 14.8 Å². The number of sulfonamides is 1. The van der Waals surface area contributed by atoms with Crippen molar-refractivity contribution in [2.24, 2.45) is 0 Å². The van der Waals surface area contributed by atoms with E-state index in [2.05, 4.69) is 0 Å². The van der Waals surface area contributed by atoms with Crippen LogP contribution in [0.5, 0.6) is 5.75 Å². The first kappa shape index (κ1) is 19.2. The maximum atomic E-state index is 13.5. The number of nitrogens with zero attached hydrogens (tertiary/aromatic N) is 2. The van der Waals surface area contributed by atoms with Gasteiger partial charge in [0.2, 0.25) is 15.9 Å². The molecule has 2 fully saturated rings. The van der Waals surface area contributed by atoms with Crippen LogP contribution in [-0.4, -0.2) is 55.8 Å². The predicted octanol–water partition coefficient (Wildman–Crippen LogP) is 2.51. The summed E-state index contributed by atoms with van der Waals surface area (Å²) in [7, 11) is -2.36. The SMILES string of the molecule is COc1cc(C)c(C(C)C)cc1S(=O)(=O)N1C[C@H]2CCCN2C(=O)[C@H]1C. The Bertz CT molecular complexity index is 819. The van der Waals surface area contributed by atoms with Crippen molar-refractivity contribution >= 4 is 15.9 Å². The van der Waals surface area contributed by atoms with Crippen molar-refractivity contribution in [1.29, 1.82) is 0 Å². The van der Waals surface area contributed by atoms with Crippen molar-refractivity contribution in [3.05, 3.63) is 23.3 Å². The normalized spacial score (nSPS) is 24.2. The third kappa shape index (κ3) is 3.01. The lowest BCUT2D eigenvalue weighted by atomic mass is 9.98. The molecule has 0 aromatic heterocycles. The van der Waals surface area contributed by atoms with Gasteiger partial charge in [0.15, 0.2) is 0 Å². The Balaban J connectivity index is 2.07. The number of carbonyl (C=O) groups excluding carboxylic acids is 1. The van der Waals surface area contributed by atoms with Gasteiger partial charge in [-0.15, -0.1) is 0 Å². The summed E-state index contributed by atoms with van der Waals surface area (Å²) in [5.74, 6) is 0.429. The first-order valence-electron chi connectivity index (χ1n) is 9.19. The first-order valence-corrected chi connectivity index (χ1v) is 10.6. The lowest BCUT2D eigenvalue weighted by molar-refractivity contribution is -0.139. The fraction of sp³-hybridized carbons (Fsp3) is 0.632. The fourth-order valence-electron chi connectivity index (χ4n) is 4.14. The highest BCUT2D eigenvalue weighted by atomic mass is 32.2. The van der Waals surface area contributed by atoms with E-state index in [9.17, 15) is 13.2 Å². The van der Waals surface area contributed by atoms with Crippen LogP contribution in [0.2, 0.25) is 0 Å². The van der Waals surface area contributed by atoms with Crippen LogP contribution in [0.4, 0.5) is 0 Å². The fourth-order valence-corrected chi connectivity index (χ4v) is 5.94. The minimum atomic E-state index is -3.84. The van der Waals surface area contributed by atoms with Gasteiger partial charge >= 0.3 is 0 Å². The molecule has 7 heteroatoms. The van der Waals surface area contributed by atoms with Crippen molar-refractivity contribution in [1.82, 2.24) is 9.21 Å². The lowest BCUT2D eigenvalue weighted by Crippen LogP contribution is -2.59. The molecule has 2 aliphatic rings. The number of rotatable bonds is 4. The van der Waals surface area contributed by atoms with Gasteiger partial charge in [-0.2, -0.15) is 4.31 Å². The molecule has 3 rings (SSSR count). The van der Waals surface area contributed by atoms with Crippen molar-refractivity contribution in [2.75, 3.05) is 20.2 Å². The maximum Gasteiger partial charge on any atom is 0.247 e. The highest BCUT2D eigenvalue weighted by Gasteiger charge is 2.46. The van der Waals surface area contributed by atoms with Gasteiger partial charge in [0.1, 0.15) is 16.7 Å². The van der Waals surface area contributed by atoms with Crippen molar-refractivity contribution in [3.63, 3.8) is 0 Å². The maximum absolute atomic E-state index is 13.5. The van der Waals surface area contributed by atoms with E-state index in [4.69, 9.17) is 4.74 Å². The third-order valence-electron chi connectivity index (χ3n) is 5.60. The predicted molar refractivity (Wildman–Crippen MR) is 99.9 cm³/mol. The van der Waals surface area contributed by atoms with Gasteiger partial charge in [-0.3, -0.25) is 4.79 Å². The Morgan fingerprint density at radius 1 is 1.27 bits per heavy atom. The highest BCUT2D eigenvalue weighted by Crippen LogP contribution is 2.36. The zero-order valence-electron chi connectivity index (χ0n) is 16.2. The summed E-state index contributed by atoms with van der Waals surface area (Å²) in [6.45, 7) is 8.79. The second-order valence-corrected chi connectivity index (χ2v) is 9.45. The molecular formula is C19H28N2O4S. The standard InChI is InChI=1S/C19H28N2O4S/c1-12(2)16-10-18(17(25-5)9-13(16)3)26(23,24)21-11-15-7-6-8-20(15)19(22)14(21)4/h9-10,12,14-15H,6-8,11H2,1-5H3/t14-,15-/m1/s1. The zero-order valence-corrected chi connectivity index (χ0v) is 17.0. The van der Waals surface area contributed by atoms with E-state index < -0.39 is 16.1 Å². The van der Waals surface area contributed by atoms with Gasteiger partial charge < -0.3 is 9.64 Å². The van der Waals surface area contributed by atoms with E-state index in [1.165, 1.54) is 11.4 Å². The van der Waals surface area contributed by atoms with Gasteiger partial charge in [0.05, 0.1) is 7.11 Å². The molecule has 144 valence electrons. The molecule has 2 aliphatic heterocycles. The smallest absolute Gasteiger partial charge is 0.247 e. The third-order valence-corrected chi connectivity index (χ3v) is 7.56. The summed E-state index contributed by atoms with van der Waals surface area (Å²) < 4.78 is 33.7. The molecule has 2 atom stereocenters. The number of methoxy groups -OCH3 is 1. The number of piperazine rings is 1. The molecule has 1 aromatic carbocycles. The molecular weight excluding hydrogens is 352 g/mol. The summed E-state index contributed by atoms with van der Waals surface area (Å²) in [5, 5.41) is 0. The molecule has 1 amide bonds. The van der Waals surface area contributed by atoms with Gasteiger partial charge in [0.25, 0.3) is 0 Å². The number of amides is 1. The topological polar surface area (TPSA) is 66.9 Å². The molecule has 0 aliphatic carbocycles. The van der Waals surface area contributed by atoms with Gasteiger partial charge in [-0.05, 0) is 55.9 Å². The zero-order chi connectivity index (χ0) is 19.2. The minimum absolute atomic E-state index is 0.0190. The monoisotopic (exact) mass is 380 g/mol.